The molecule has 2 atom stereocenters. The van der Waals surface area contributed by atoms with E-state index in [0.29, 0.717) is 6.54 Å². The zero-order valence-electron chi connectivity index (χ0n) is 12.6. The zero-order valence-corrected chi connectivity index (χ0v) is 14.2. The van der Waals surface area contributed by atoms with E-state index in [0.717, 1.165) is 22.1 Å². The van der Waals surface area contributed by atoms with E-state index in [1.807, 2.05) is 39.0 Å². The predicted octanol–water partition coefficient (Wildman–Crippen LogP) is 3.03. The third-order valence-electron chi connectivity index (χ3n) is 3.96. The van der Waals surface area contributed by atoms with Gasteiger partial charge in [0.1, 0.15) is 0 Å². The molecule has 0 radical (unpaired) electrons. The van der Waals surface area contributed by atoms with E-state index in [1.165, 1.54) is 0 Å². The molecule has 1 N–H and O–H groups in total. The van der Waals surface area contributed by atoms with Gasteiger partial charge in [-0.05, 0) is 38.0 Å². The Morgan fingerprint density at radius 2 is 2.24 bits per heavy atom. The topological polar surface area (TPSA) is 49.4 Å². The van der Waals surface area contributed by atoms with Gasteiger partial charge in [0.05, 0.1) is 5.92 Å². The minimum Gasteiger partial charge on any atom is -0.353 e. The van der Waals surface area contributed by atoms with Gasteiger partial charge in [-0.25, -0.2) is 0 Å². The maximum Gasteiger partial charge on any atom is 0.227 e. The van der Waals surface area contributed by atoms with Gasteiger partial charge in [-0.3, -0.25) is 9.59 Å². The Hall–Kier alpha value is -1.36. The lowest BCUT2D eigenvalue weighted by Gasteiger charge is -2.18. The highest BCUT2D eigenvalue weighted by Crippen LogP contribution is 2.29. The molecule has 1 aliphatic rings. The Morgan fingerprint density at radius 1 is 1.52 bits per heavy atom. The summed E-state index contributed by atoms with van der Waals surface area (Å²) in [6, 6.07) is 5.98. The summed E-state index contributed by atoms with van der Waals surface area (Å²) < 4.78 is 0.973. The minimum atomic E-state index is -0.258. The number of rotatable bonds is 4. The van der Waals surface area contributed by atoms with E-state index < -0.39 is 0 Å². The number of nitrogens with one attached hydrogen (secondary N) is 1. The molecule has 1 heterocycles. The van der Waals surface area contributed by atoms with Crippen LogP contribution in [0.3, 0.4) is 0 Å². The van der Waals surface area contributed by atoms with Crippen molar-refractivity contribution in [3.8, 4) is 0 Å². The third kappa shape index (κ3) is 3.64. The second-order valence-corrected chi connectivity index (χ2v) is 6.51. The third-order valence-corrected chi connectivity index (χ3v) is 4.82. The van der Waals surface area contributed by atoms with Gasteiger partial charge in [0.25, 0.3) is 0 Å². The number of benzene rings is 1. The van der Waals surface area contributed by atoms with Crippen LogP contribution < -0.4 is 10.2 Å². The van der Waals surface area contributed by atoms with Crippen molar-refractivity contribution in [1.82, 2.24) is 5.32 Å². The first-order chi connectivity index (χ1) is 9.92. The van der Waals surface area contributed by atoms with Gasteiger partial charge in [0.2, 0.25) is 11.8 Å². The highest BCUT2D eigenvalue weighted by atomic mass is 79.9. The standard InChI is InChI=1S/C16H21BrN2O2/c1-4-11(3)18-16(21)12-7-15(20)19(9-12)13-6-5-10(2)14(17)8-13/h5-6,8,11-12H,4,7,9H2,1-3H3,(H,18,21). The van der Waals surface area contributed by atoms with Crippen molar-refractivity contribution in [3.63, 3.8) is 0 Å². The fourth-order valence-corrected chi connectivity index (χ4v) is 2.71. The molecular formula is C16H21BrN2O2. The number of carbonyl (C=O) groups is 2. The molecule has 4 nitrogen and oxygen atoms in total. The summed E-state index contributed by atoms with van der Waals surface area (Å²) in [7, 11) is 0. The molecule has 1 saturated heterocycles. The fourth-order valence-electron chi connectivity index (χ4n) is 2.35. The molecule has 21 heavy (non-hydrogen) atoms. The Kier molecular flexibility index (Phi) is 5.04. The second kappa shape index (κ2) is 6.60. The smallest absolute Gasteiger partial charge is 0.227 e. The lowest BCUT2D eigenvalue weighted by molar-refractivity contribution is -0.126. The molecule has 0 aromatic heterocycles. The summed E-state index contributed by atoms with van der Waals surface area (Å²) in [5.41, 5.74) is 1.97. The van der Waals surface area contributed by atoms with Crippen LogP contribution in [-0.4, -0.2) is 24.4 Å². The number of carbonyl (C=O) groups excluding carboxylic acids is 2. The van der Waals surface area contributed by atoms with E-state index in [4.69, 9.17) is 0 Å². The maximum atomic E-state index is 12.2. The van der Waals surface area contributed by atoms with Gasteiger partial charge in [-0.15, -0.1) is 0 Å². The van der Waals surface area contributed by atoms with Crippen molar-refractivity contribution in [2.24, 2.45) is 5.92 Å². The Balaban J connectivity index is 2.09. The number of aryl methyl sites for hydroxylation is 1. The van der Waals surface area contributed by atoms with Crippen LogP contribution in [0, 0.1) is 12.8 Å². The van der Waals surface area contributed by atoms with Crippen LogP contribution in [0.1, 0.15) is 32.3 Å². The summed E-state index contributed by atoms with van der Waals surface area (Å²) >= 11 is 3.48. The van der Waals surface area contributed by atoms with E-state index in [9.17, 15) is 9.59 Å². The molecule has 5 heteroatoms. The highest BCUT2D eigenvalue weighted by Gasteiger charge is 2.35. The number of hydrogen-bond acceptors (Lipinski definition) is 2. The summed E-state index contributed by atoms with van der Waals surface area (Å²) in [5.74, 6) is -0.270. The molecule has 0 spiro atoms. The van der Waals surface area contributed by atoms with Crippen LogP contribution in [0.25, 0.3) is 0 Å². The van der Waals surface area contributed by atoms with Crippen LogP contribution in [0.4, 0.5) is 5.69 Å². The van der Waals surface area contributed by atoms with Crippen LogP contribution in [0.2, 0.25) is 0 Å². The number of amides is 2. The number of hydrogen-bond donors (Lipinski definition) is 1. The van der Waals surface area contributed by atoms with Crippen LogP contribution in [0.15, 0.2) is 22.7 Å². The van der Waals surface area contributed by atoms with Crippen molar-refractivity contribution < 1.29 is 9.59 Å². The molecule has 2 rings (SSSR count). The van der Waals surface area contributed by atoms with Gasteiger partial charge >= 0.3 is 0 Å². The molecule has 0 saturated carbocycles. The van der Waals surface area contributed by atoms with Gasteiger partial charge in [-0.2, -0.15) is 0 Å². The molecule has 0 bridgehead atoms. The largest absolute Gasteiger partial charge is 0.353 e. The number of nitrogens with zero attached hydrogens (tertiary/aromatic N) is 1. The van der Waals surface area contributed by atoms with Crippen molar-refractivity contribution in [1.29, 1.82) is 0 Å². The summed E-state index contributed by atoms with van der Waals surface area (Å²) in [6.07, 6.45) is 1.18. The SMILES string of the molecule is CCC(C)NC(=O)C1CC(=O)N(c2ccc(C)c(Br)c2)C1. The Labute approximate surface area is 134 Å². The monoisotopic (exact) mass is 352 g/mol. The lowest BCUT2D eigenvalue weighted by atomic mass is 10.1. The van der Waals surface area contributed by atoms with E-state index >= 15 is 0 Å². The van der Waals surface area contributed by atoms with E-state index in [1.54, 1.807) is 4.90 Å². The van der Waals surface area contributed by atoms with Crippen molar-refractivity contribution >= 4 is 33.4 Å². The average Bonchev–Trinajstić information content (AvgIpc) is 2.84. The quantitative estimate of drug-likeness (QED) is 0.905. The van der Waals surface area contributed by atoms with E-state index in [2.05, 4.69) is 21.2 Å². The lowest BCUT2D eigenvalue weighted by Crippen LogP contribution is -2.38. The van der Waals surface area contributed by atoms with Gasteiger partial charge < -0.3 is 10.2 Å². The van der Waals surface area contributed by atoms with Crippen molar-refractivity contribution in [2.45, 2.75) is 39.7 Å². The molecule has 1 aromatic carbocycles. The minimum absolute atomic E-state index is 0.00931. The summed E-state index contributed by atoms with van der Waals surface area (Å²) in [4.78, 5) is 26.0. The second-order valence-electron chi connectivity index (χ2n) is 5.66. The van der Waals surface area contributed by atoms with Gasteiger partial charge in [-0.1, -0.05) is 28.9 Å². The number of anilines is 1. The Bertz CT molecular complexity index is 559. The molecule has 2 unspecified atom stereocenters. The first kappa shape index (κ1) is 16.0. The van der Waals surface area contributed by atoms with Gasteiger partial charge in [0.15, 0.2) is 0 Å². The number of halogens is 1. The molecular weight excluding hydrogens is 332 g/mol. The van der Waals surface area contributed by atoms with E-state index in [-0.39, 0.29) is 30.2 Å². The first-order valence-electron chi connectivity index (χ1n) is 7.29. The Morgan fingerprint density at radius 3 is 2.86 bits per heavy atom. The molecule has 1 fully saturated rings. The first-order valence-corrected chi connectivity index (χ1v) is 8.08. The van der Waals surface area contributed by atoms with Crippen LogP contribution in [-0.2, 0) is 9.59 Å². The highest BCUT2D eigenvalue weighted by molar-refractivity contribution is 9.10. The van der Waals surface area contributed by atoms with Crippen molar-refractivity contribution in [2.75, 3.05) is 11.4 Å². The maximum absolute atomic E-state index is 12.2. The molecule has 1 aliphatic heterocycles. The predicted molar refractivity (Wildman–Crippen MR) is 87.2 cm³/mol. The molecule has 2 amide bonds. The summed E-state index contributed by atoms with van der Waals surface area (Å²) in [5, 5.41) is 2.96. The zero-order chi connectivity index (χ0) is 15.6. The average molecular weight is 353 g/mol. The fraction of sp³-hybridized carbons (Fsp3) is 0.500. The summed E-state index contributed by atoms with van der Waals surface area (Å²) in [6.45, 7) is 6.46. The normalized spacial score (nSPS) is 19.7. The van der Waals surface area contributed by atoms with Crippen LogP contribution >= 0.6 is 15.9 Å². The van der Waals surface area contributed by atoms with Crippen LogP contribution in [0.5, 0.6) is 0 Å². The molecule has 114 valence electrons. The van der Waals surface area contributed by atoms with Gasteiger partial charge in [0, 0.05) is 29.2 Å². The van der Waals surface area contributed by atoms with Crippen molar-refractivity contribution in [3.05, 3.63) is 28.2 Å². The molecule has 0 aliphatic carbocycles. The molecule has 1 aromatic rings.